The maximum Gasteiger partial charge on any atom is 0.319 e. The number of hydrogen-bond donors (Lipinski definition) is 3. The summed E-state index contributed by atoms with van der Waals surface area (Å²) in [5, 5.41) is 12.2. The van der Waals surface area contributed by atoms with Gasteiger partial charge in [-0.2, -0.15) is 5.10 Å². The van der Waals surface area contributed by atoms with E-state index in [1.165, 1.54) is 6.07 Å². The van der Waals surface area contributed by atoms with E-state index in [0.29, 0.717) is 5.82 Å². The molecule has 1 heterocycles. The Morgan fingerprint density at radius 3 is 2.33 bits per heavy atom. The fourth-order valence-corrected chi connectivity index (χ4v) is 3.16. The van der Waals surface area contributed by atoms with Crippen molar-refractivity contribution in [3.05, 3.63) is 70.9 Å². The Bertz CT molecular complexity index is 1200. The van der Waals surface area contributed by atoms with Crippen LogP contribution in [0.5, 0.6) is 0 Å². The van der Waals surface area contributed by atoms with Crippen molar-refractivity contribution in [2.75, 3.05) is 17.2 Å². The van der Waals surface area contributed by atoms with E-state index in [1.54, 1.807) is 10.7 Å². The van der Waals surface area contributed by atoms with E-state index in [9.17, 15) is 18.4 Å². The third kappa shape index (κ3) is 5.94. The Kier molecular flexibility index (Phi) is 6.81. The molecule has 3 rings (SSSR count). The first-order valence-corrected chi connectivity index (χ1v) is 10.4. The third-order valence-electron chi connectivity index (χ3n) is 4.91. The van der Waals surface area contributed by atoms with E-state index >= 15 is 0 Å². The molecule has 2 aromatic carbocycles. The molecule has 0 bridgehead atoms. The highest BCUT2D eigenvalue weighted by Crippen LogP contribution is 2.27. The number of aromatic nitrogens is 2. The van der Waals surface area contributed by atoms with Crippen molar-refractivity contribution >= 4 is 23.4 Å². The largest absolute Gasteiger partial charge is 0.329 e. The quantitative estimate of drug-likeness (QED) is 0.515. The highest BCUT2D eigenvalue weighted by Gasteiger charge is 2.22. The normalized spacial score (nSPS) is 11.2. The molecule has 3 aromatic rings. The van der Waals surface area contributed by atoms with Crippen LogP contribution in [0.25, 0.3) is 5.69 Å². The smallest absolute Gasteiger partial charge is 0.319 e. The highest BCUT2D eigenvalue weighted by molar-refractivity contribution is 5.96. The number of carbonyl (C=O) groups is 2. The van der Waals surface area contributed by atoms with E-state index in [4.69, 9.17) is 5.10 Å². The fourth-order valence-electron chi connectivity index (χ4n) is 3.16. The summed E-state index contributed by atoms with van der Waals surface area (Å²) in [6, 6.07) is 9.99. The zero-order valence-electron chi connectivity index (χ0n) is 19.2. The van der Waals surface area contributed by atoms with Crippen molar-refractivity contribution in [3.63, 3.8) is 0 Å². The third-order valence-corrected chi connectivity index (χ3v) is 4.91. The van der Waals surface area contributed by atoms with Gasteiger partial charge in [0, 0.05) is 23.2 Å². The zero-order chi connectivity index (χ0) is 24.3. The molecule has 33 heavy (non-hydrogen) atoms. The van der Waals surface area contributed by atoms with Gasteiger partial charge in [0.2, 0.25) is 5.91 Å². The van der Waals surface area contributed by atoms with Crippen LogP contribution >= 0.6 is 0 Å². The minimum Gasteiger partial charge on any atom is -0.329 e. The first-order valence-electron chi connectivity index (χ1n) is 10.4. The molecule has 0 aliphatic carbocycles. The average Bonchev–Trinajstić information content (AvgIpc) is 3.13. The van der Waals surface area contributed by atoms with Gasteiger partial charge in [-0.3, -0.25) is 4.79 Å². The van der Waals surface area contributed by atoms with Gasteiger partial charge >= 0.3 is 6.03 Å². The highest BCUT2D eigenvalue weighted by atomic mass is 19.2. The first kappa shape index (κ1) is 23.9. The van der Waals surface area contributed by atoms with Gasteiger partial charge in [-0.15, -0.1) is 0 Å². The molecule has 0 atom stereocenters. The Morgan fingerprint density at radius 1 is 0.970 bits per heavy atom. The second kappa shape index (κ2) is 9.40. The number of aryl methyl sites for hydroxylation is 2. The van der Waals surface area contributed by atoms with Crippen LogP contribution in [0, 0.1) is 25.5 Å². The summed E-state index contributed by atoms with van der Waals surface area (Å²) in [6.45, 7) is 9.71. The van der Waals surface area contributed by atoms with Gasteiger partial charge in [0.1, 0.15) is 5.82 Å². The molecule has 0 radical (unpaired) electrons. The van der Waals surface area contributed by atoms with Crippen molar-refractivity contribution < 1.29 is 18.4 Å². The van der Waals surface area contributed by atoms with Gasteiger partial charge < -0.3 is 16.0 Å². The number of hydrogen-bond acceptors (Lipinski definition) is 3. The van der Waals surface area contributed by atoms with Crippen molar-refractivity contribution in [2.24, 2.45) is 0 Å². The van der Waals surface area contributed by atoms with Crippen molar-refractivity contribution in [1.29, 1.82) is 0 Å². The molecular formula is C24H27F2N5O2. The number of amides is 3. The predicted octanol–water partition coefficient (Wildman–Crippen LogP) is 4.83. The van der Waals surface area contributed by atoms with E-state index < -0.39 is 23.6 Å². The van der Waals surface area contributed by atoms with Gasteiger partial charge in [-0.25, -0.2) is 18.3 Å². The van der Waals surface area contributed by atoms with Gasteiger partial charge in [0.05, 0.1) is 17.9 Å². The van der Waals surface area contributed by atoms with Crippen LogP contribution < -0.4 is 16.0 Å². The summed E-state index contributed by atoms with van der Waals surface area (Å²) in [7, 11) is 0. The number of rotatable bonds is 5. The molecule has 0 unspecified atom stereocenters. The Labute approximate surface area is 191 Å². The summed E-state index contributed by atoms with van der Waals surface area (Å²) in [5.74, 6) is -2.10. The minimum absolute atomic E-state index is 0.0644. The monoisotopic (exact) mass is 455 g/mol. The maximum atomic E-state index is 13.3. The molecule has 0 aliphatic heterocycles. The number of halogens is 2. The molecule has 1 aromatic heterocycles. The summed E-state index contributed by atoms with van der Waals surface area (Å²) >= 11 is 0. The van der Waals surface area contributed by atoms with Crippen LogP contribution in [0.4, 0.5) is 25.1 Å². The Morgan fingerprint density at radius 2 is 1.70 bits per heavy atom. The second-order valence-electron chi connectivity index (χ2n) is 8.85. The van der Waals surface area contributed by atoms with Gasteiger partial charge in [0.15, 0.2) is 11.6 Å². The second-order valence-corrected chi connectivity index (χ2v) is 8.85. The summed E-state index contributed by atoms with van der Waals surface area (Å²) in [4.78, 5) is 24.6. The zero-order valence-corrected chi connectivity index (χ0v) is 19.2. The maximum absolute atomic E-state index is 13.3. The molecule has 0 saturated heterocycles. The molecule has 0 saturated carbocycles. The number of anilines is 2. The lowest BCUT2D eigenvalue weighted by Gasteiger charge is -2.14. The lowest BCUT2D eigenvalue weighted by Crippen LogP contribution is -2.36. The van der Waals surface area contributed by atoms with Gasteiger partial charge in [0.25, 0.3) is 0 Å². The Balaban J connectivity index is 1.72. The van der Waals surface area contributed by atoms with Crippen molar-refractivity contribution in [1.82, 2.24) is 15.1 Å². The molecular weight excluding hydrogens is 428 g/mol. The van der Waals surface area contributed by atoms with Crippen LogP contribution in [0.15, 0.2) is 42.5 Å². The number of carbonyl (C=O) groups excluding carboxylic acids is 2. The number of nitrogens with zero attached hydrogens (tertiary/aromatic N) is 2. The van der Waals surface area contributed by atoms with E-state index in [1.807, 2.05) is 52.8 Å². The van der Waals surface area contributed by atoms with E-state index in [2.05, 4.69) is 16.0 Å². The van der Waals surface area contributed by atoms with Crippen LogP contribution in [0.3, 0.4) is 0 Å². The van der Waals surface area contributed by atoms with Crippen molar-refractivity contribution in [2.45, 2.75) is 40.0 Å². The van der Waals surface area contributed by atoms with Crippen molar-refractivity contribution in [3.8, 4) is 5.69 Å². The molecule has 0 aliphatic rings. The van der Waals surface area contributed by atoms with Gasteiger partial charge in [-0.1, -0.05) is 38.5 Å². The fraction of sp³-hybridized carbons (Fsp3) is 0.292. The molecule has 0 spiro atoms. The molecule has 9 heteroatoms. The molecule has 7 nitrogen and oxygen atoms in total. The average molecular weight is 456 g/mol. The topological polar surface area (TPSA) is 88.1 Å². The molecule has 0 fully saturated rings. The van der Waals surface area contributed by atoms with Crippen LogP contribution in [0.2, 0.25) is 0 Å². The summed E-state index contributed by atoms with van der Waals surface area (Å²) in [6.07, 6.45) is 0. The van der Waals surface area contributed by atoms with Gasteiger partial charge in [-0.05, 0) is 37.6 Å². The molecule has 3 N–H and O–H groups in total. The lowest BCUT2D eigenvalue weighted by molar-refractivity contribution is -0.115. The Hall–Kier alpha value is -3.75. The predicted molar refractivity (Wildman–Crippen MR) is 124 cm³/mol. The number of benzene rings is 2. The number of nitrogens with one attached hydrogen (secondary N) is 3. The van der Waals surface area contributed by atoms with E-state index in [-0.39, 0.29) is 17.6 Å². The van der Waals surface area contributed by atoms with Crippen LogP contribution in [0.1, 0.15) is 37.6 Å². The first-order chi connectivity index (χ1) is 15.4. The molecule has 3 amide bonds. The molecule has 174 valence electrons. The summed E-state index contributed by atoms with van der Waals surface area (Å²) in [5.41, 5.74) is 3.55. The standard InChI is InChI=1S/C24H27F2N5O2/c1-14-6-9-19(15(2)10-14)31-21(12-20(30-31)24(3,4)5)29-22(32)13-27-23(33)28-16-7-8-17(25)18(26)11-16/h6-12H,13H2,1-5H3,(H,29,32)(H2,27,28,33). The summed E-state index contributed by atoms with van der Waals surface area (Å²) < 4.78 is 28.0. The van der Waals surface area contributed by atoms with Crippen LogP contribution in [-0.2, 0) is 10.2 Å². The number of urea groups is 1. The lowest BCUT2D eigenvalue weighted by atomic mass is 9.92. The van der Waals surface area contributed by atoms with Crippen LogP contribution in [-0.4, -0.2) is 28.3 Å². The SMILES string of the molecule is Cc1ccc(-n2nc(C(C)(C)C)cc2NC(=O)CNC(=O)Nc2ccc(F)c(F)c2)c(C)c1. The minimum atomic E-state index is -1.08. The van der Waals surface area contributed by atoms with E-state index in [0.717, 1.165) is 34.6 Å².